The van der Waals surface area contributed by atoms with Crippen LogP contribution in [0.3, 0.4) is 0 Å². The molecular formula is C30H43N3O4. The van der Waals surface area contributed by atoms with Crippen molar-refractivity contribution in [2.75, 3.05) is 59.0 Å². The van der Waals surface area contributed by atoms with Crippen molar-refractivity contribution in [2.45, 2.75) is 45.6 Å². The van der Waals surface area contributed by atoms with E-state index >= 15 is 0 Å². The summed E-state index contributed by atoms with van der Waals surface area (Å²) in [6.07, 6.45) is 3.48. The molecule has 3 rings (SSSR count). The minimum atomic E-state index is -0.102. The van der Waals surface area contributed by atoms with Crippen LogP contribution in [0.2, 0.25) is 0 Å². The maximum Gasteiger partial charge on any atom is 0.257 e. The van der Waals surface area contributed by atoms with Crippen LogP contribution in [0.15, 0.2) is 48.5 Å². The Labute approximate surface area is 222 Å². The highest BCUT2D eigenvalue weighted by molar-refractivity contribution is 5.97. The van der Waals surface area contributed by atoms with E-state index in [0.717, 1.165) is 31.4 Å². The first-order valence-corrected chi connectivity index (χ1v) is 13.4. The Kier molecular flexibility index (Phi) is 10.8. The van der Waals surface area contributed by atoms with Gasteiger partial charge in [0, 0.05) is 52.1 Å². The van der Waals surface area contributed by atoms with Crippen LogP contribution in [-0.4, -0.2) is 81.7 Å². The van der Waals surface area contributed by atoms with Crippen molar-refractivity contribution in [3.05, 3.63) is 59.7 Å². The smallest absolute Gasteiger partial charge is 0.257 e. The Morgan fingerprint density at radius 3 is 2.43 bits per heavy atom. The number of hydrogen-bond donors (Lipinski definition) is 0. The van der Waals surface area contributed by atoms with E-state index in [1.165, 1.54) is 0 Å². The van der Waals surface area contributed by atoms with Gasteiger partial charge in [-0.2, -0.15) is 0 Å². The maximum atomic E-state index is 13.8. The lowest BCUT2D eigenvalue weighted by Gasteiger charge is -2.33. The Morgan fingerprint density at radius 2 is 1.76 bits per heavy atom. The molecule has 0 saturated carbocycles. The lowest BCUT2D eigenvalue weighted by atomic mass is 10.0. The van der Waals surface area contributed by atoms with Crippen molar-refractivity contribution in [1.82, 2.24) is 9.80 Å². The van der Waals surface area contributed by atoms with Gasteiger partial charge in [-0.25, -0.2) is 0 Å². The number of ether oxygens (including phenoxy) is 2. The van der Waals surface area contributed by atoms with E-state index in [2.05, 4.69) is 13.8 Å². The molecule has 1 aliphatic heterocycles. The summed E-state index contributed by atoms with van der Waals surface area (Å²) in [5, 5.41) is 0. The predicted octanol–water partition coefficient (Wildman–Crippen LogP) is 4.96. The molecule has 0 N–H and O–H groups in total. The second-order valence-corrected chi connectivity index (χ2v) is 10.4. The van der Waals surface area contributed by atoms with Gasteiger partial charge in [0.2, 0.25) is 0 Å². The number of rotatable bonds is 7. The van der Waals surface area contributed by atoms with Gasteiger partial charge in [0.05, 0.1) is 18.2 Å². The molecule has 1 aliphatic rings. The fourth-order valence-corrected chi connectivity index (χ4v) is 4.75. The summed E-state index contributed by atoms with van der Waals surface area (Å²) in [6.45, 7) is 6.99. The number of carbonyl (C=O) groups excluding carboxylic acids is 2. The number of benzene rings is 2. The summed E-state index contributed by atoms with van der Waals surface area (Å²) >= 11 is 0. The van der Waals surface area contributed by atoms with Crippen LogP contribution in [-0.2, 0) is 4.74 Å². The normalized spacial score (nSPS) is 17.4. The minimum Gasteiger partial charge on any atom is -0.491 e. The van der Waals surface area contributed by atoms with Gasteiger partial charge in [0.25, 0.3) is 11.8 Å². The predicted molar refractivity (Wildman–Crippen MR) is 149 cm³/mol. The lowest BCUT2D eigenvalue weighted by molar-refractivity contribution is 0.0573. The number of fused-ring (bicyclic) bond motifs is 1. The van der Waals surface area contributed by atoms with E-state index in [1.807, 2.05) is 77.3 Å². The third kappa shape index (κ3) is 7.96. The van der Waals surface area contributed by atoms with Gasteiger partial charge in [-0.1, -0.05) is 26.0 Å². The second-order valence-electron chi connectivity index (χ2n) is 10.4. The van der Waals surface area contributed by atoms with E-state index < -0.39 is 0 Å². The zero-order chi connectivity index (χ0) is 26.8. The van der Waals surface area contributed by atoms with Crippen molar-refractivity contribution < 1.29 is 19.1 Å². The Bertz CT molecular complexity index is 1010. The van der Waals surface area contributed by atoms with Gasteiger partial charge in [-0.05, 0) is 68.0 Å². The topological polar surface area (TPSA) is 62.3 Å². The van der Waals surface area contributed by atoms with Gasteiger partial charge in [-0.3, -0.25) is 9.59 Å². The zero-order valence-corrected chi connectivity index (χ0v) is 23.1. The van der Waals surface area contributed by atoms with Crippen molar-refractivity contribution in [1.29, 1.82) is 0 Å². The highest BCUT2D eigenvalue weighted by Crippen LogP contribution is 2.24. The summed E-state index contributed by atoms with van der Waals surface area (Å²) in [5.41, 5.74) is 2.30. The quantitative estimate of drug-likeness (QED) is 0.528. The average Bonchev–Trinajstić information content (AvgIpc) is 2.90. The highest BCUT2D eigenvalue weighted by Gasteiger charge is 2.28. The molecular weight excluding hydrogens is 466 g/mol. The Morgan fingerprint density at radius 1 is 1.05 bits per heavy atom. The largest absolute Gasteiger partial charge is 0.491 e. The summed E-state index contributed by atoms with van der Waals surface area (Å²) in [7, 11) is 5.63. The van der Waals surface area contributed by atoms with Crippen LogP contribution in [0, 0.1) is 5.92 Å². The summed E-state index contributed by atoms with van der Waals surface area (Å²) in [5.74, 6) is 0.935. The average molecular weight is 510 g/mol. The van der Waals surface area contributed by atoms with Gasteiger partial charge in [0.15, 0.2) is 0 Å². The maximum absolute atomic E-state index is 13.8. The van der Waals surface area contributed by atoms with Gasteiger partial charge >= 0.3 is 0 Å². The molecule has 0 unspecified atom stereocenters. The number of para-hydroxylation sites is 1. The molecule has 7 nitrogen and oxygen atoms in total. The molecule has 37 heavy (non-hydrogen) atoms. The second kappa shape index (κ2) is 14.0. The highest BCUT2D eigenvalue weighted by atomic mass is 16.5. The molecule has 0 bridgehead atoms. The van der Waals surface area contributed by atoms with E-state index in [0.29, 0.717) is 55.6 Å². The van der Waals surface area contributed by atoms with Gasteiger partial charge in [-0.15, -0.1) is 0 Å². The first-order chi connectivity index (χ1) is 17.8. The molecule has 0 aromatic heterocycles. The number of nitrogens with zero attached hydrogens (tertiary/aromatic N) is 3. The van der Waals surface area contributed by atoms with Crippen LogP contribution in [0.5, 0.6) is 5.75 Å². The van der Waals surface area contributed by atoms with E-state index in [1.54, 1.807) is 7.11 Å². The molecule has 1 atom stereocenters. The van der Waals surface area contributed by atoms with E-state index in [9.17, 15) is 9.59 Å². The molecule has 0 aliphatic carbocycles. The molecule has 0 fully saturated rings. The van der Waals surface area contributed by atoms with Crippen LogP contribution in [0.4, 0.5) is 5.69 Å². The number of hydrogen-bond acceptors (Lipinski definition) is 5. The van der Waals surface area contributed by atoms with Crippen molar-refractivity contribution in [2.24, 2.45) is 5.92 Å². The molecule has 0 spiro atoms. The summed E-state index contributed by atoms with van der Waals surface area (Å²) in [6, 6.07) is 15.1. The zero-order valence-electron chi connectivity index (χ0n) is 23.1. The summed E-state index contributed by atoms with van der Waals surface area (Å²) < 4.78 is 11.6. The van der Waals surface area contributed by atoms with Crippen LogP contribution in [0.25, 0.3) is 0 Å². The van der Waals surface area contributed by atoms with E-state index in [-0.39, 0.29) is 17.9 Å². The molecule has 7 heteroatoms. The molecule has 0 radical (unpaired) electrons. The van der Waals surface area contributed by atoms with Crippen molar-refractivity contribution >= 4 is 17.5 Å². The minimum absolute atomic E-state index is 0.0283. The van der Waals surface area contributed by atoms with Crippen molar-refractivity contribution in [3.8, 4) is 5.75 Å². The number of methoxy groups -OCH3 is 1. The van der Waals surface area contributed by atoms with Crippen LogP contribution in [0.1, 0.15) is 60.2 Å². The number of anilines is 1. The SMILES string of the molecule is COCCN1CCCCCN(C(=O)c2ccc(N(C)C)cc2)[C@@H](CC(C)C)COc2ccccc2C1=O. The first-order valence-electron chi connectivity index (χ1n) is 13.4. The Hall–Kier alpha value is -3.06. The lowest BCUT2D eigenvalue weighted by Crippen LogP contribution is -2.45. The molecule has 2 aromatic carbocycles. The monoisotopic (exact) mass is 509 g/mol. The number of amides is 2. The van der Waals surface area contributed by atoms with Gasteiger partial charge < -0.3 is 24.2 Å². The third-order valence-electron chi connectivity index (χ3n) is 6.80. The molecule has 0 saturated heterocycles. The van der Waals surface area contributed by atoms with E-state index in [4.69, 9.17) is 9.47 Å². The standard InChI is InChI=1S/C30H43N3O4/c1-23(2)21-26-22-37-28-12-8-7-11-27(28)30(35)32(19-20-36-5)17-9-6-10-18-33(26)29(34)24-13-15-25(16-14-24)31(3)4/h7-8,11-16,23,26H,6,9-10,17-22H2,1-5H3/t26-/m0/s1. The molecule has 2 aromatic rings. The molecule has 1 heterocycles. The third-order valence-corrected chi connectivity index (χ3v) is 6.80. The fraction of sp³-hybridized carbons (Fsp3) is 0.533. The Balaban J connectivity index is 1.91. The fourth-order valence-electron chi connectivity index (χ4n) is 4.75. The van der Waals surface area contributed by atoms with Gasteiger partial charge in [0.1, 0.15) is 12.4 Å². The molecule has 2 amide bonds. The molecule has 202 valence electrons. The summed E-state index contributed by atoms with van der Waals surface area (Å²) in [4.78, 5) is 33.1. The first kappa shape index (κ1) is 28.5. The van der Waals surface area contributed by atoms with Crippen LogP contribution >= 0.6 is 0 Å². The number of carbonyl (C=O) groups is 2. The van der Waals surface area contributed by atoms with Crippen molar-refractivity contribution in [3.63, 3.8) is 0 Å². The van der Waals surface area contributed by atoms with Crippen LogP contribution < -0.4 is 9.64 Å².